The number of benzene rings is 1. The Labute approximate surface area is 63.9 Å². The number of hydrogen-bond donors (Lipinski definition) is 0. The Morgan fingerprint density at radius 3 is 2.73 bits per heavy atom. The molecule has 0 heterocycles. The van der Waals surface area contributed by atoms with Crippen LogP contribution in [0.15, 0.2) is 24.3 Å². The van der Waals surface area contributed by atoms with Gasteiger partial charge in [-0.1, -0.05) is 12.1 Å². The van der Waals surface area contributed by atoms with Crippen LogP contribution >= 0.6 is 0 Å². The van der Waals surface area contributed by atoms with Crippen LogP contribution in [0, 0.1) is 0 Å². The van der Waals surface area contributed by atoms with Gasteiger partial charge in [0.1, 0.15) is 6.29 Å². The fourth-order valence-corrected chi connectivity index (χ4v) is 0.779. The minimum Gasteiger partial charge on any atom is -0.361 e. The molecule has 1 aromatic rings. The van der Waals surface area contributed by atoms with Gasteiger partial charge >= 0.3 is 0 Å². The van der Waals surface area contributed by atoms with Crippen molar-refractivity contribution in [3.05, 3.63) is 40.9 Å². The third-order valence-corrected chi connectivity index (χ3v) is 1.25. The maximum atomic E-state index is 10.3. The van der Waals surface area contributed by atoms with Gasteiger partial charge in [0.05, 0.1) is 5.56 Å². The van der Waals surface area contributed by atoms with Crippen LogP contribution in [-0.2, 0) is 0 Å². The van der Waals surface area contributed by atoms with Gasteiger partial charge in [-0.25, -0.2) is 0 Å². The van der Waals surface area contributed by atoms with E-state index in [9.17, 15) is 4.79 Å². The van der Waals surface area contributed by atoms with E-state index in [1.165, 1.54) is 6.21 Å². The lowest BCUT2D eigenvalue weighted by Gasteiger charge is -1.87. The van der Waals surface area contributed by atoms with Crippen molar-refractivity contribution >= 4 is 12.5 Å². The normalized spacial score (nSPS) is 8.36. The molecule has 3 nitrogen and oxygen atoms in total. The molecule has 54 valence electrons. The zero-order valence-electron chi connectivity index (χ0n) is 5.77. The second-order valence-corrected chi connectivity index (χ2v) is 2.03. The Hall–Kier alpha value is -1.73. The number of rotatable bonds is 2. The summed E-state index contributed by atoms with van der Waals surface area (Å²) in [5, 5.41) is 0. The zero-order chi connectivity index (χ0) is 8.10. The van der Waals surface area contributed by atoms with E-state index in [2.05, 4.69) is 4.79 Å². The molecule has 1 rings (SSSR count). The zero-order valence-corrected chi connectivity index (χ0v) is 5.77. The van der Waals surface area contributed by atoms with Gasteiger partial charge in [0.15, 0.2) is 0 Å². The van der Waals surface area contributed by atoms with E-state index in [-0.39, 0.29) is 0 Å². The molecule has 0 aliphatic rings. The summed E-state index contributed by atoms with van der Waals surface area (Å²) in [6.45, 7) is 0. The maximum Gasteiger partial charge on any atom is 0.287 e. The lowest BCUT2D eigenvalue weighted by Crippen LogP contribution is -1.84. The van der Waals surface area contributed by atoms with Crippen molar-refractivity contribution in [1.29, 1.82) is 0 Å². The van der Waals surface area contributed by atoms with E-state index in [4.69, 9.17) is 5.53 Å². The van der Waals surface area contributed by atoms with Gasteiger partial charge in [0, 0.05) is 5.56 Å². The van der Waals surface area contributed by atoms with Crippen molar-refractivity contribution in [3.8, 4) is 0 Å². The monoisotopic (exact) mass is 146 g/mol. The largest absolute Gasteiger partial charge is 0.361 e. The molecule has 0 aliphatic heterocycles. The third-order valence-electron chi connectivity index (χ3n) is 1.25. The second kappa shape index (κ2) is 3.44. The highest BCUT2D eigenvalue weighted by Crippen LogP contribution is 1.99. The highest BCUT2D eigenvalue weighted by atomic mass is 16.1. The first-order valence-corrected chi connectivity index (χ1v) is 3.09. The first-order chi connectivity index (χ1) is 5.36. The van der Waals surface area contributed by atoms with Gasteiger partial charge in [-0.3, -0.25) is 4.79 Å². The van der Waals surface area contributed by atoms with Crippen molar-refractivity contribution < 1.29 is 9.58 Å². The summed E-state index contributed by atoms with van der Waals surface area (Å²) in [7, 11) is 0. The van der Waals surface area contributed by atoms with Gasteiger partial charge in [-0.05, 0) is 12.1 Å². The molecular weight excluding hydrogens is 140 g/mol. The van der Waals surface area contributed by atoms with Crippen molar-refractivity contribution in [2.75, 3.05) is 0 Å². The van der Waals surface area contributed by atoms with Crippen molar-refractivity contribution in [1.82, 2.24) is 0 Å². The molecule has 0 amide bonds. The number of carbonyl (C=O) groups excluding carboxylic acids is 1. The summed E-state index contributed by atoms with van der Waals surface area (Å²) >= 11 is 0. The lowest BCUT2D eigenvalue weighted by atomic mass is 10.1. The predicted octanol–water partition coefficient (Wildman–Crippen LogP) is 1.15. The first-order valence-electron chi connectivity index (χ1n) is 3.09. The van der Waals surface area contributed by atoms with Crippen LogP contribution in [-0.4, -0.2) is 17.3 Å². The summed E-state index contributed by atoms with van der Waals surface area (Å²) in [5.74, 6) is 0. The summed E-state index contributed by atoms with van der Waals surface area (Å²) in [6.07, 6.45) is 2.02. The molecule has 0 atom stereocenters. The van der Waals surface area contributed by atoms with Crippen molar-refractivity contribution in [2.45, 2.75) is 0 Å². The van der Waals surface area contributed by atoms with E-state index in [1.54, 1.807) is 24.3 Å². The van der Waals surface area contributed by atoms with Gasteiger partial charge in [0.25, 0.3) is 6.21 Å². The fraction of sp³-hybridized carbons (Fsp3) is 0. The smallest absolute Gasteiger partial charge is 0.287 e. The van der Waals surface area contributed by atoms with E-state index in [1.807, 2.05) is 0 Å². The van der Waals surface area contributed by atoms with Crippen LogP contribution in [0.4, 0.5) is 0 Å². The molecule has 0 spiro atoms. The Kier molecular flexibility index (Phi) is 2.31. The third kappa shape index (κ3) is 1.85. The SMILES string of the molecule is [N-]=[N+]=Cc1cccc(C=O)c1. The average molecular weight is 146 g/mol. The Morgan fingerprint density at radius 1 is 1.36 bits per heavy atom. The second-order valence-electron chi connectivity index (χ2n) is 2.03. The molecule has 1 aromatic carbocycles. The highest BCUT2D eigenvalue weighted by Gasteiger charge is 1.93. The number of hydrogen-bond acceptors (Lipinski definition) is 1. The molecule has 3 heteroatoms. The summed E-state index contributed by atoms with van der Waals surface area (Å²) in [6, 6.07) is 6.78. The van der Waals surface area contributed by atoms with E-state index in [0.29, 0.717) is 11.1 Å². The molecule has 0 bridgehead atoms. The van der Waals surface area contributed by atoms with Crippen LogP contribution in [0.25, 0.3) is 5.53 Å². The maximum absolute atomic E-state index is 10.3. The molecule has 0 saturated heterocycles. The van der Waals surface area contributed by atoms with Crippen LogP contribution in [0.2, 0.25) is 0 Å². The quantitative estimate of drug-likeness (QED) is 0.267. The van der Waals surface area contributed by atoms with Gasteiger partial charge in [-0.2, -0.15) is 4.79 Å². The van der Waals surface area contributed by atoms with E-state index in [0.717, 1.165) is 6.29 Å². The van der Waals surface area contributed by atoms with Crippen molar-refractivity contribution in [3.63, 3.8) is 0 Å². The van der Waals surface area contributed by atoms with Gasteiger partial charge in [0.2, 0.25) is 0 Å². The molecule has 0 N–H and O–H groups in total. The standard InChI is InChI=1S/C8H6N2O/c9-10-5-7-2-1-3-8(4-7)6-11/h1-6H. The average Bonchev–Trinajstić information content (AvgIpc) is 2.06. The van der Waals surface area contributed by atoms with E-state index < -0.39 is 0 Å². The van der Waals surface area contributed by atoms with Crippen LogP contribution in [0.3, 0.4) is 0 Å². The number of nitrogens with zero attached hydrogens (tertiary/aromatic N) is 2. The lowest BCUT2D eigenvalue weighted by molar-refractivity contribution is 0.00456. The van der Waals surface area contributed by atoms with Crippen molar-refractivity contribution in [2.24, 2.45) is 0 Å². The minimum absolute atomic E-state index is 0.572. The molecule has 0 unspecified atom stereocenters. The first kappa shape index (κ1) is 7.38. The summed E-state index contributed by atoms with van der Waals surface area (Å²) in [4.78, 5) is 13.1. The molecule has 11 heavy (non-hydrogen) atoms. The minimum atomic E-state index is 0.572. The predicted molar refractivity (Wildman–Crippen MR) is 40.6 cm³/mol. The van der Waals surface area contributed by atoms with Crippen LogP contribution in [0.5, 0.6) is 0 Å². The molecular formula is C8H6N2O. The molecule has 0 radical (unpaired) electrons. The van der Waals surface area contributed by atoms with Gasteiger partial charge < -0.3 is 5.53 Å². The fourth-order valence-electron chi connectivity index (χ4n) is 0.779. The number of aldehydes is 1. The van der Waals surface area contributed by atoms with Crippen LogP contribution < -0.4 is 0 Å². The Balaban J connectivity index is 3.09. The van der Waals surface area contributed by atoms with Gasteiger partial charge in [-0.15, -0.1) is 0 Å². The molecule has 0 saturated carbocycles. The summed E-state index contributed by atoms with van der Waals surface area (Å²) in [5.41, 5.74) is 9.44. The number of carbonyl (C=O) groups is 1. The Morgan fingerprint density at radius 2 is 2.09 bits per heavy atom. The Bertz CT molecular complexity index is 314. The van der Waals surface area contributed by atoms with Crippen LogP contribution in [0.1, 0.15) is 15.9 Å². The summed E-state index contributed by atoms with van der Waals surface area (Å²) < 4.78 is 0. The molecule has 0 aliphatic carbocycles. The molecule has 0 fully saturated rings. The topological polar surface area (TPSA) is 53.5 Å². The molecule has 0 aromatic heterocycles. The highest BCUT2D eigenvalue weighted by molar-refractivity contribution is 5.81. The van der Waals surface area contributed by atoms with E-state index >= 15 is 0 Å².